The van der Waals surface area contributed by atoms with E-state index in [0.717, 1.165) is 53.9 Å². The number of carbonyl (C=O) groups excluding carboxylic acids is 2. The number of nitrogens with zero attached hydrogens (tertiary/aromatic N) is 2. The second-order valence-electron chi connectivity index (χ2n) is 10.5. The second-order valence-corrected chi connectivity index (χ2v) is 11.4. The van der Waals surface area contributed by atoms with Gasteiger partial charge in [0.2, 0.25) is 5.91 Å². The molecule has 0 aliphatic carbocycles. The molecule has 3 aromatic rings. The van der Waals surface area contributed by atoms with Gasteiger partial charge in [0.25, 0.3) is 0 Å². The van der Waals surface area contributed by atoms with Crippen molar-refractivity contribution >= 4 is 28.3 Å². The normalized spacial score (nSPS) is 14.9. The number of amides is 1. The minimum atomic E-state index is -0.456. The predicted octanol–water partition coefficient (Wildman–Crippen LogP) is 5.12. The molecule has 0 unspecified atom stereocenters. The van der Waals surface area contributed by atoms with Crippen molar-refractivity contribution in [1.82, 2.24) is 15.2 Å². The Balaban J connectivity index is 1.26. The highest BCUT2D eigenvalue weighted by molar-refractivity contribution is 7.13. The monoisotopic (exact) mass is 520 g/mol. The molecule has 1 aliphatic heterocycles. The number of ether oxygens (including phenoxy) is 1. The van der Waals surface area contributed by atoms with E-state index in [1.54, 1.807) is 0 Å². The summed E-state index contributed by atoms with van der Waals surface area (Å²) in [7, 11) is 0. The van der Waals surface area contributed by atoms with Crippen molar-refractivity contribution in [3.63, 3.8) is 0 Å². The summed E-state index contributed by atoms with van der Waals surface area (Å²) >= 11 is 1.43. The van der Waals surface area contributed by atoms with Gasteiger partial charge in [-0.05, 0) is 75.5 Å². The zero-order chi connectivity index (χ0) is 26.4. The summed E-state index contributed by atoms with van der Waals surface area (Å²) in [5.74, 6) is -0.0716. The molecule has 1 amide bonds. The molecule has 1 saturated heterocycles. The van der Waals surface area contributed by atoms with E-state index in [2.05, 4.69) is 39.5 Å². The van der Waals surface area contributed by atoms with Crippen LogP contribution in [-0.2, 0) is 20.9 Å². The highest BCUT2D eigenvalue weighted by atomic mass is 32.1. The van der Waals surface area contributed by atoms with Gasteiger partial charge in [-0.15, -0.1) is 11.3 Å². The summed E-state index contributed by atoms with van der Waals surface area (Å²) in [5.41, 5.74) is 10.5. The van der Waals surface area contributed by atoms with Crippen molar-refractivity contribution in [3.8, 4) is 22.4 Å². The summed E-state index contributed by atoms with van der Waals surface area (Å²) in [6, 6.07) is 16.5. The number of benzene rings is 2. The first kappa shape index (κ1) is 26.8. The van der Waals surface area contributed by atoms with Crippen LogP contribution >= 0.6 is 11.3 Å². The Morgan fingerprint density at radius 1 is 1.08 bits per heavy atom. The number of aromatic nitrogens is 1. The maximum atomic E-state index is 12.8. The Morgan fingerprint density at radius 2 is 1.76 bits per heavy atom. The van der Waals surface area contributed by atoms with Gasteiger partial charge in [-0.2, -0.15) is 0 Å². The molecule has 4 rings (SSSR count). The molecular weight excluding hydrogens is 484 g/mol. The lowest BCUT2D eigenvalue weighted by Gasteiger charge is -2.31. The van der Waals surface area contributed by atoms with Crippen LogP contribution in [0.4, 0.5) is 5.13 Å². The number of piperidine rings is 1. The fourth-order valence-corrected chi connectivity index (χ4v) is 5.11. The van der Waals surface area contributed by atoms with Crippen molar-refractivity contribution in [3.05, 3.63) is 59.5 Å². The summed E-state index contributed by atoms with van der Waals surface area (Å²) in [6.45, 7) is 8.44. The van der Waals surface area contributed by atoms with Crippen LogP contribution in [-0.4, -0.2) is 47.0 Å². The first-order chi connectivity index (χ1) is 17.7. The Bertz CT molecular complexity index is 1230. The Labute approximate surface area is 223 Å². The molecule has 0 atom stereocenters. The zero-order valence-corrected chi connectivity index (χ0v) is 22.6. The highest BCUT2D eigenvalue weighted by Gasteiger charge is 2.25. The van der Waals surface area contributed by atoms with Crippen molar-refractivity contribution in [2.75, 3.05) is 25.4 Å². The van der Waals surface area contributed by atoms with E-state index >= 15 is 0 Å². The third kappa shape index (κ3) is 7.87. The van der Waals surface area contributed by atoms with E-state index in [4.69, 9.17) is 10.5 Å². The van der Waals surface area contributed by atoms with E-state index in [1.807, 2.05) is 50.4 Å². The van der Waals surface area contributed by atoms with E-state index in [-0.39, 0.29) is 17.8 Å². The number of hydrogen-bond donors (Lipinski definition) is 2. The number of carbonyl (C=O) groups is 2. The van der Waals surface area contributed by atoms with Gasteiger partial charge in [-0.3, -0.25) is 9.59 Å². The van der Waals surface area contributed by atoms with E-state index < -0.39 is 5.60 Å². The number of thiazole rings is 1. The van der Waals surface area contributed by atoms with Crippen LogP contribution < -0.4 is 11.1 Å². The van der Waals surface area contributed by atoms with E-state index in [9.17, 15) is 9.59 Å². The lowest BCUT2D eigenvalue weighted by molar-refractivity contribution is -0.155. The summed E-state index contributed by atoms with van der Waals surface area (Å²) in [4.78, 5) is 31.4. The zero-order valence-electron chi connectivity index (χ0n) is 21.8. The van der Waals surface area contributed by atoms with Crippen molar-refractivity contribution in [2.45, 2.75) is 52.2 Å². The van der Waals surface area contributed by atoms with Gasteiger partial charge in [0.15, 0.2) is 5.13 Å². The van der Waals surface area contributed by atoms with Crippen LogP contribution in [0.5, 0.6) is 0 Å². The van der Waals surface area contributed by atoms with Gasteiger partial charge in [0, 0.05) is 30.0 Å². The molecule has 7 nitrogen and oxygen atoms in total. The molecule has 196 valence electrons. The number of hydrogen-bond acceptors (Lipinski definition) is 7. The minimum absolute atomic E-state index is 0.00295. The van der Waals surface area contributed by atoms with Crippen molar-refractivity contribution in [1.29, 1.82) is 0 Å². The van der Waals surface area contributed by atoms with Gasteiger partial charge in [-0.25, -0.2) is 4.98 Å². The van der Waals surface area contributed by atoms with Gasteiger partial charge >= 0.3 is 5.97 Å². The fraction of sp³-hybridized carbons (Fsp3) is 0.414. The first-order valence-electron chi connectivity index (χ1n) is 12.8. The molecule has 1 aliphatic rings. The molecule has 2 aromatic carbocycles. The van der Waals surface area contributed by atoms with Crippen LogP contribution in [0, 0.1) is 5.92 Å². The topological polar surface area (TPSA) is 97.5 Å². The maximum absolute atomic E-state index is 12.8. The van der Waals surface area contributed by atoms with E-state index in [0.29, 0.717) is 24.6 Å². The molecule has 8 heteroatoms. The van der Waals surface area contributed by atoms with Crippen LogP contribution in [0.2, 0.25) is 0 Å². The average Bonchev–Trinajstić information content (AvgIpc) is 3.32. The van der Waals surface area contributed by atoms with E-state index in [1.165, 1.54) is 11.3 Å². The SMILES string of the molecule is CC(C)(C)OC(=O)CCN1CCC(C(=O)NCc2cccc(-c3cccc(-c4csc(N)n4)c3)c2)CC1. The molecule has 0 saturated carbocycles. The molecule has 3 N–H and O–H groups in total. The summed E-state index contributed by atoms with van der Waals surface area (Å²) < 4.78 is 5.39. The van der Waals surface area contributed by atoms with Crippen LogP contribution in [0.1, 0.15) is 45.6 Å². The van der Waals surface area contributed by atoms with Crippen molar-refractivity contribution < 1.29 is 14.3 Å². The molecule has 0 spiro atoms. The third-order valence-electron chi connectivity index (χ3n) is 6.42. The number of esters is 1. The average molecular weight is 521 g/mol. The largest absolute Gasteiger partial charge is 0.460 e. The fourth-order valence-electron chi connectivity index (χ4n) is 4.53. The Hall–Kier alpha value is -3.23. The van der Waals surface area contributed by atoms with Gasteiger partial charge in [0.05, 0.1) is 12.1 Å². The molecule has 37 heavy (non-hydrogen) atoms. The molecular formula is C29H36N4O3S. The van der Waals surface area contributed by atoms with Gasteiger partial charge in [0.1, 0.15) is 5.60 Å². The quantitative estimate of drug-likeness (QED) is 0.400. The van der Waals surface area contributed by atoms with Gasteiger partial charge in [-0.1, -0.05) is 36.4 Å². The van der Waals surface area contributed by atoms with Crippen molar-refractivity contribution in [2.24, 2.45) is 5.92 Å². The number of nitrogens with two attached hydrogens (primary N) is 1. The van der Waals surface area contributed by atoms with Crippen LogP contribution in [0.3, 0.4) is 0 Å². The lowest BCUT2D eigenvalue weighted by Crippen LogP contribution is -2.41. The highest BCUT2D eigenvalue weighted by Crippen LogP contribution is 2.28. The second kappa shape index (κ2) is 11.9. The number of likely N-dealkylation sites (tertiary alicyclic amines) is 1. The number of nitrogen functional groups attached to an aromatic ring is 1. The van der Waals surface area contributed by atoms with Crippen LogP contribution in [0.15, 0.2) is 53.9 Å². The van der Waals surface area contributed by atoms with Gasteiger partial charge < -0.3 is 20.7 Å². The third-order valence-corrected chi connectivity index (χ3v) is 7.09. The maximum Gasteiger partial charge on any atom is 0.307 e. The predicted molar refractivity (Wildman–Crippen MR) is 149 cm³/mol. The summed E-state index contributed by atoms with van der Waals surface area (Å²) in [6.07, 6.45) is 1.98. The number of nitrogens with one attached hydrogen (secondary N) is 1. The Morgan fingerprint density at radius 3 is 2.43 bits per heavy atom. The molecule has 0 bridgehead atoms. The lowest BCUT2D eigenvalue weighted by atomic mass is 9.95. The smallest absolute Gasteiger partial charge is 0.307 e. The first-order valence-corrected chi connectivity index (χ1v) is 13.7. The summed E-state index contributed by atoms with van der Waals surface area (Å²) in [5, 5.41) is 5.65. The standard InChI is InChI=1S/C29H36N4O3S/c1-29(2,3)36-26(34)12-15-33-13-10-21(11-14-33)27(35)31-18-20-6-4-7-22(16-20)23-8-5-9-24(17-23)25-19-37-28(30)32-25/h4-9,16-17,19,21H,10-15,18H2,1-3H3,(H2,30,32)(H,31,35). The Kier molecular flexibility index (Phi) is 8.61. The molecule has 1 fully saturated rings. The van der Waals surface area contributed by atoms with Crippen LogP contribution in [0.25, 0.3) is 22.4 Å². The number of rotatable bonds is 8. The number of anilines is 1. The molecule has 1 aromatic heterocycles. The molecule has 2 heterocycles. The minimum Gasteiger partial charge on any atom is -0.460 e. The molecule has 0 radical (unpaired) electrons.